The molecule has 0 saturated carbocycles. The van der Waals surface area contributed by atoms with Gasteiger partial charge in [-0.15, -0.1) is 0 Å². The number of amides is 2. The van der Waals surface area contributed by atoms with Crippen molar-refractivity contribution < 1.29 is 14.3 Å². The highest BCUT2D eigenvalue weighted by Gasteiger charge is 2.44. The number of hydrogen-bond donors (Lipinski definition) is 2. The Kier molecular flexibility index (Phi) is 5.96. The maximum absolute atomic E-state index is 12.4. The summed E-state index contributed by atoms with van der Waals surface area (Å²) in [5.41, 5.74) is 2.24. The molecule has 35 heavy (non-hydrogen) atoms. The molecular formula is C26H32N6O3. The van der Waals surface area contributed by atoms with E-state index in [0.29, 0.717) is 23.2 Å². The summed E-state index contributed by atoms with van der Waals surface area (Å²) in [4.78, 5) is 36.5. The zero-order valence-electron chi connectivity index (χ0n) is 20.5. The Hall–Kier alpha value is -3.46. The normalized spacial score (nSPS) is 18.8. The first-order chi connectivity index (χ1) is 16.7. The molecule has 9 heteroatoms. The van der Waals surface area contributed by atoms with Crippen LogP contribution in [0.3, 0.4) is 0 Å². The monoisotopic (exact) mass is 476 g/mol. The molecule has 0 aromatic carbocycles. The summed E-state index contributed by atoms with van der Waals surface area (Å²) in [6, 6.07) is 7.71. The van der Waals surface area contributed by atoms with Crippen molar-refractivity contribution in [3.8, 4) is 0 Å². The molecule has 0 unspecified atom stereocenters. The second kappa shape index (κ2) is 8.96. The Labute approximate surface area is 205 Å². The molecule has 0 atom stereocenters. The fraction of sp³-hybridized carbons (Fsp3) is 0.462. The van der Waals surface area contributed by atoms with Gasteiger partial charge in [0.15, 0.2) is 0 Å². The number of ether oxygens (including phenoxy) is 1. The predicted octanol–water partition coefficient (Wildman–Crippen LogP) is 2.55. The molecule has 2 aromatic rings. The summed E-state index contributed by atoms with van der Waals surface area (Å²) in [7, 11) is 0. The lowest BCUT2D eigenvalue weighted by Crippen LogP contribution is -2.44. The number of hydrogen-bond acceptors (Lipinski definition) is 6. The largest absolute Gasteiger partial charge is 0.380 e. The number of amidine groups is 1. The van der Waals surface area contributed by atoms with Crippen LogP contribution in [-0.4, -0.2) is 60.0 Å². The summed E-state index contributed by atoms with van der Waals surface area (Å²) in [5.74, 6) is 0.905. The first-order valence-electron chi connectivity index (χ1n) is 12.1. The van der Waals surface area contributed by atoms with Gasteiger partial charge in [0.05, 0.1) is 36.7 Å². The summed E-state index contributed by atoms with van der Waals surface area (Å²) in [5, 5.41) is 5.47. The minimum atomic E-state index is -0.311. The van der Waals surface area contributed by atoms with Gasteiger partial charge in [-0.1, -0.05) is 6.07 Å². The maximum atomic E-state index is 12.4. The van der Waals surface area contributed by atoms with Crippen molar-refractivity contribution in [3.05, 3.63) is 54.0 Å². The van der Waals surface area contributed by atoms with E-state index < -0.39 is 0 Å². The van der Waals surface area contributed by atoms with E-state index in [1.54, 1.807) is 12.3 Å². The van der Waals surface area contributed by atoms with Crippen LogP contribution in [0.2, 0.25) is 0 Å². The highest BCUT2D eigenvalue weighted by atomic mass is 16.5. The van der Waals surface area contributed by atoms with Crippen molar-refractivity contribution in [2.24, 2.45) is 10.4 Å². The van der Waals surface area contributed by atoms with Crippen molar-refractivity contribution in [2.75, 3.05) is 37.7 Å². The van der Waals surface area contributed by atoms with Gasteiger partial charge < -0.3 is 24.8 Å². The number of nitrogens with one attached hydrogen (secondary N) is 2. The van der Waals surface area contributed by atoms with Gasteiger partial charge in [0.25, 0.3) is 5.91 Å². The average molecular weight is 477 g/mol. The van der Waals surface area contributed by atoms with Crippen LogP contribution in [0.25, 0.3) is 5.70 Å². The average Bonchev–Trinajstić information content (AvgIpc) is 3.56. The molecular weight excluding hydrogens is 444 g/mol. The van der Waals surface area contributed by atoms with Gasteiger partial charge in [-0.05, 0) is 51.5 Å². The van der Waals surface area contributed by atoms with Gasteiger partial charge in [-0.2, -0.15) is 0 Å². The highest BCUT2D eigenvalue weighted by Crippen LogP contribution is 2.39. The van der Waals surface area contributed by atoms with Crippen molar-refractivity contribution in [2.45, 2.75) is 39.2 Å². The molecule has 5 rings (SSSR count). The fourth-order valence-corrected chi connectivity index (χ4v) is 4.59. The lowest BCUT2D eigenvalue weighted by atomic mass is 9.85. The number of pyridine rings is 1. The molecule has 1 spiro atoms. The summed E-state index contributed by atoms with van der Waals surface area (Å²) in [6.07, 6.45) is 7.25. The van der Waals surface area contributed by atoms with Gasteiger partial charge in [-0.3, -0.25) is 9.59 Å². The Bertz CT molecular complexity index is 1200. The van der Waals surface area contributed by atoms with Crippen LogP contribution in [0.15, 0.2) is 47.7 Å². The summed E-state index contributed by atoms with van der Waals surface area (Å²) in [6.45, 7) is 9.69. The van der Waals surface area contributed by atoms with Crippen LogP contribution in [0, 0.1) is 5.41 Å². The molecule has 2 fully saturated rings. The molecule has 0 radical (unpaired) electrons. The molecule has 9 nitrogen and oxygen atoms in total. The van der Waals surface area contributed by atoms with Gasteiger partial charge in [0.1, 0.15) is 11.7 Å². The van der Waals surface area contributed by atoms with E-state index >= 15 is 0 Å². The number of rotatable bonds is 5. The molecule has 3 aliphatic rings. The van der Waals surface area contributed by atoms with Gasteiger partial charge in [0.2, 0.25) is 5.91 Å². The number of aromatic nitrogens is 2. The van der Waals surface area contributed by atoms with Crippen LogP contribution in [0.5, 0.6) is 0 Å². The Balaban J connectivity index is 1.14. The lowest BCUT2D eigenvalue weighted by Gasteiger charge is -2.37. The van der Waals surface area contributed by atoms with Crippen molar-refractivity contribution in [1.29, 1.82) is 0 Å². The SMILES string of the molecule is CC(C)(C)n1ccc(C(=O)NCC(=O)NC2=NC(c3cccc(N4CCC5(COC5)C4)n3)=CC2)c1. The fourth-order valence-electron chi connectivity index (χ4n) is 4.59. The number of carbonyl (C=O) groups is 2. The Morgan fingerprint density at radius 3 is 2.71 bits per heavy atom. The molecule has 2 N–H and O–H groups in total. The third-order valence-corrected chi connectivity index (χ3v) is 6.74. The zero-order valence-corrected chi connectivity index (χ0v) is 20.5. The standard InChI is InChI=1S/C26H32N6O3/c1-25(2,3)32-11-9-18(14-32)24(34)27-13-23(33)30-21-8-7-20(28-21)19-5-4-6-22(29-19)31-12-10-26(15-31)16-35-17-26/h4-7,9,11,14H,8,10,12-13,15-17H2,1-3H3,(H,27,34)(H,28,30,33). The Morgan fingerprint density at radius 2 is 2.03 bits per heavy atom. The molecule has 3 aliphatic heterocycles. The highest BCUT2D eigenvalue weighted by molar-refractivity contribution is 6.05. The van der Waals surface area contributed by atoms with E-state index in [-0.39, 0.29) is 23.9 Å². The minimum Gasteiger partial charge on any atom is -0.380 e. The second-order valence-corrected chi connectivity index (χ2v) is 10.6. The first-order valence-corrected chi connectivity index (χ1v) is 12.1. The number of anilines is 1. The van der Waals surface area contributed by atoms with Crippen LogP contribution in [-0.2, 0) is 15.1 Å². The third kappa shape index (κ3) is 5.00. The summed E-state index contributed by atoms with van der Waals surface area (Å²) >= 11 is 0. The molecule has 2 amide bonds. The smallest absolute Gasteiger partial charge is 0.253 e. The molecule has 5 heterocycles. The quantitative estimate of drug-likeness (QED) is 0.691. The van der Waals surface area contributed by atoms with E-state index in [2.05, 4.69) is 41.3 Å². The van der Waals surface area contributed by atoms with Crippen LogP contribution in [0.1, 0.15) is 49.7 Å². The number of nitrogens with zero attached hydrogens (tertiary/aromatic N) is 4. The van der Waals surface area contributed by atoms with Crippen LogP contribution in [0.4, 0.5) is 5.82 Å². The molecule has 2 aromatic heterocycles. The van der Waals surface area contributed by atoms with Gasteiger partial charge >= 0.3 is 0 Å². The van der Waals surface area contributed by atoms with Crippen LogP contribution >= 0.6 is 0 Å². The van der Waals surface area contributed by atoms with Gasteiger partial charge in [-0.25, -0.2) is 9.98 Å². The molecule has 0 bridgehead atoms. The van der Waals surface area contributed by atoms with Crippen molar-refractivity contribution in [1.82, 2.24) is 20.2 Å². The van der Waals surface area contributed by atoms with Crippen molar-refractivity contribution >= 4 is 29.2 Å². The number of aliphatic imine (C=N–C) groups is 1. The van der Waals surface area contributed by atoms with E-state index in [1.807, 2.05) is 35.0 Å². The Morgan fingerprint density at radius 1 is 1.20 bits per heavy atom. The molecule has 184 valence electrons. The minimum absolute atomic E-state index is 0.113. The second-order valence-electron chi connectivity index (χ2n) is 10.6. The predicted molar refractivity (Wildman–Crippen MR) is 134 cm³/mol. The molecule has 0 aliphatic carbocycles. The maximum Gasteiger partial charge on any atom is 0.253 e. The first kappa shape index (κ1) is 23.3. The van der Waals surface area contributed by atoms with Crippen LogP contribution < -0.4 is 15.5 Å². The van der Waals surface area contributed by atoms with E-state index in [1.165, 1.54) is 0 Å². The molecule has 2 saturated heterocycles. The zero-order chi connectivity index (χ0) is 24.6. The van der Waals surface area contributed by atoms with Crippen molar-refractivity contribution in [3.63, 3.8) is 0 Å². The topological polar surface area (TPSA) is 101 Å². The lowest BCUT2D eigenvalue weighted by molar-refractivity contribution is -0.118. The van der Waals surface area contributed by atoms with Gasteiger partial charge in [0, 0.05) is 42.9 Å². The van der Waals surface area contributed by atoms with E-state index in [9.17, 15) is 9.59 Å². The summed E-state index contributed by atoms with van der Waals surface area (Å²) < 4.78 is 7.39. The van der Waals surface area contributed by atoms with E-state index in [0.717, 1.165) is 49.9 Å². The van der Waals surface area contributed by atoms with E-state index in [4.69, 9.17) is 9.72 Å². The number of carbonyl (C=O) groups excluding carboxylic acids is 2. The third-order valence-electron chi connectivity index (χ3n) is 6.74.